The third kappa shape index (κ3) is 9.80. The average Bonchev–Trinajstić information content (AvgIpc) is 2.98. The molecule has 172 valence electrons. The van der Waals surface area contributed by atoms with Gasteiger partial charge in [0.1, 0.15) is 5.78 Å². The Morgan fingerprint density at radius 2 is 2.03 bits per heavy atom. The van der Waals surface area contributed by atoms with Gasteiger partial charge in [0.05, 0.1) is 6.61 Å². The summed E-state index contributed by atoms with van der Waals surface area (Å²) in [6.45, 7) is 6.90. The van der Waals surface area contributed by atoms with Crippen molar-refractivity contribution in [1.29, 1.82) is 0 Å². The maximum absolute atomic E-state index is 12.7. The summed E-state index contributed by atoms with van der Waals surface area (Å²) in [6.07, 6.45) is 13.4. The first-order valence-corrected chi connectivity index (χ1v) is 12.2. The van der Waals surface area contributed by atoms with Gasteiger partial charge in [-0.25, -0.2) is 4.79 Å². The van der Waals surface area contributed by atoms with Gasteiger partial charge in [0.15, 0.2) is 6.10 Å². The van der Waals surface area contributed by atoms with Gasteiger partial charge < -0.3 is 15.3 Å². The van der Waals surface area contributed by atoms with Gasteiger partial charge in [-0.05, 0) is 43.4 Å². The molecule has 5 nitrogen and oxygen atoms in total. The highest BCUT2D eigenvalue weighted by Gasteiger charge is 2.40. The fraction of sp³-hybridized carbons (Fsp3) is 0.750. The third-order valence-electron chi connectivity index (χ3n) is 5.82. The van der Waals surface area contributed by atoms with Crippen LogP contribution in [0.2, 0.25) is 0 Å². The van der Waals surface area contributed by atoms with E-state index in [1.54, 1.807) is 11.8 Å². The van der Waals surface area contributed by atoms with Crippen LogP contribution in [0, 0.1) is 17.3 Å². The van der Waals surface area contributed by atoms with E-state index in [2.05, 4.69) is 32.9 Å². The van der Waals surface area contributed by atoms with E-state index in [0.717, 1.165) is 6.42 Å². The Morgan fingerprint density at radius 3 is 2.67 bits per heavy atom. The van der Waals surface area contributed by atoms with Crippen LogP contribution in [0.4, 0.5) is 0 Å². The quantitative estimate of drug-likeness (QED) is 0.322. The van der Waals surface area contributed by atoms with E-state index in [1.165, 1.54) is 19.3 Å². The zero-order valence-electron chi connectivity index (χ0n) is 18.8. The number of carboxylic acids is 1. The first kappa shape index (κ1) is 26.9. The summed E-state index contributed by atoms with van der Waals surface area (Å²) in [5.74, 6) is -0.215. The number of allylic oxidation sites excluding steroid dienone is 4. The van der Waals surface area contributed by atoms with Crippen LogP contribution in [-0.4, -0.2) is 50.8 Å². The van der Waals surface area contributed by atoms with Gasteiger partial charge >= 0.3 is 5.97 Å². The predicted molar refractivity (Wildman–Crippen MR) is 124 cm³/mol. The maximum Gasteiger partial charge on any atom is 0.332 e. The van der Waals surface area contributed by atoms with E-state index in [0.29, 0.717) is 25.0 Å². The van der Waals surface area contributed by atoms with Crippen molar-refractivity contribution < 1.29 is 24.9 Å². The molecule has 1 rings (SSSR count). The van der Waals surface area contributed by atoms with E-state index >= 15 is 0 Å². The Bertz CT molecular complexity index is 584. The largest absolute Gasteiger partial charge is 0.479 e. The van der Waals surface area contributed by atoms with Crippen molar-refractivity contribution in [3.63, 3.8) is 0 Å². The lowest BCUT2D eigenvalue weighted by molar-refractivity contribution is -0.146. The van der Waals surface area contributed by atoms with Gasteiger partial charge in [-0.3, -0.25) is 4.79 Å². The summed E-state index contributed by atoms with van der Waals surface area (Å²) in [4.78, 5) is 23.3. The highest BCUT2D eigenvalue weighted by Crippen LogP contribution is 2.40. The normalized spacial score (nSPS) is 23.6. The summed E-state index contributed by atoms with van der Waals surface area (Å²) in [5, 5.41) is 27.5. The minimum absolute atomic E-state index is 0.0724. The lowest BCUT2D eigenvalue weighted by Crippen LogP contribution is -2.18. The third-order valence-corrected chi connectivity index (χ3v) is 7.14. The topological polar surface area (TPSA) is 94.8 Å². The second-order valence-corrected chi connectivity index (χ2v) is 10.4. The monoisotopic (exact) mass is 440 g/mol. The van der Waals surface area contributed by atoms with Crippen LogP contribution in [0.15, 0.2) is 24.3 Å². The van der Waals surface area contributed by atoms with E-state index in [1.807, 2.05) is 12.2 Å². The minimum atomic E-state index is -1.34. The van der Waals surface area contributed by atoms with Gasteiger partial charge in [-0.15, -0.1) is 0 Å². The molecule has 0 aromatic carbocycles. The number of ketones is 1. The van der Waals surface area contributed by atoms with Gasteiger partial charge in [0, 0.05) is 23.3 Å². The number of aliphatic carboxylic acids is 1. The zero-order valence-corrected chi connectivity index (χ0v) is 19.6. The van der Waals surface area contributed by atoms with Crippen molar-refractivity contribution >= 4 is 23.5 Å². The number of unbranched alkanes of at least 4 members (excludes halogenated alkanes) is 1. The molecule has 1 aliphatic carbocycles. The Morgan fingerprint density at radius 1 is 1.30 bits per heavy atom. The Balaban J connectivity index is 2.72. The summed E-state index contributed by atoms with van der Waals surface area (Å²) in [6, 6.07) is 0. The molecular formula is C24H40O5S. The molecule has 0 saturated heterocycles. The van der Waals surface area contributed by atoms with Crippen molar-refractivity contribution in [2.75, 3.05) is 12.4 Å². The van der Waals surface area contributed by atoms with Crippen LogP contribution >= 0.6 is 11.8 Å². The maximum atomic E-state index is 12.7. The van der Waals surface area contributed by atoms with Crippen LogP contribution in [0.5, 0.6) is 0 Å². The molecule has 0 bridgehead atoms. The highest BCUT2D eigenvalue weighted by molar-refractivity contribution is 8.00. The van der Waals surface area contributed by atoms with Crippen molar-refractivity contribution in [1.82, 2.24) is 0 Å². The molecule has 4 atom stereocenters. The van der Waals surface area contributed by atoms with Crippen LogP contribution in [0.1, 0.15) is 72.1 Å². The number of carboxylic acid groups (broad SMARTS) is 1. The van der Waals surface area contributed by atoms with Crippen molar-refractivity contribution in [2.24, 2.45) is 17.3 Å². The first-order valence-electron chi connectivity index (χ1n) is 11.2. The van der Waals surface area contributed by atoms with E-state index < -0.39 is 12.1 Å². The molecule has 1 aliphatic rings. The number of aliphatic hydroxyl groups is 2. The molecular weight excluding hydrogens is 400 g/mol. The number of carbonyl (C=O) groups excluding carboxylic acids is 1. The second-order valence-electron chi connectivity index (χ2n) is 9.03. The van der Waals surface area contributed by atoms with Crippen LogP contribution < -0.4 is 0 Å². The van der Waals surface area contributed by atoms with E-state index in [9.17, 15) is 19.8 Å². The molecule has 0 heterocycles. The molecule has 6 heteroatoms. The van der Waals surface area contributed by atoms with Gasteiger partial charge in [0.25, 0.3) is 0 Å². The number of hydrogen-bond donors (Lipinski definition) is 3. The SMILES string of the molecule is CCCCC(C)(C)C/C=C/[C@H]1[C@H](SCCO)CC(=O)[C@@H]1C/C=C\CCC(O)C(=O)O. The smallest absolute Gasteiger partial charge is 0.332 e. The number of rotatable bonds is 15. The lowest BCUT2D eigenvalue weighted by Gasteiger charge is -2.24. The van der Waals surface area contributed by atoms with Gasteiger partial charge in [-0.2, -0.15) is 11.8 Å². The summed E-state index contributed by atoms with van der Waals surface area (Å²) < 4.78 is 0. The second kappa shape index (κ2) is 14.0. The molecule has 0 aromatic heterocycles. The molecule has 0 spiro atoms. The fourth-order valence-electron chi connectivity index (χ4n) is 3.92. The minimum Gasteiger partial charge on any atom is -0.479 e. The first-order chi connectivity index (χ1) is 14.2. The van der Waals surface area contributed by atoms with Crippen LogP contribution in [0.25, 0.3) is 0 Å². The summed E-state index contributed by atoms with van der Waals surface area (Å²) in [5.41, 5.74) is 0.253. The number of hydrogen-bond acceptors (Lipinski definition) is 5. The molecule has 0 aromatic rings. The molecule has 0 radical (unpaired) electrons. The molecule has 0 amide bonds. The highest BCUT2D eigenvalue weighted by atomic mass is 32.2. The van der Waals surface area contributed by atoms with Gasteiger partial charge in [-0.1, -0.05) is 57.9 Å². The molecule has 1 fully saturated rings. The van der Waals surface area contributed by atoms with Crippen molar-refractivity contribution in [3.8, 4) is 0 Å². The van der Waals surface area contributed by atoms with E-state index in [-0.39, 0.29) is 41.3 Å². The van der Waals surface area contributed by atoms with Crippen LogP contribution in [0.3, 0.4) is 0 Å². The number of thioether (sulfide) groups is 1. The average molecular weight is 441 g/mol. The van der Waals surface area contributed by atoms with E-state index in [4.69, 9.17) is 5.11 Å². The Kier molecular flexibility index (Phi) is 12.6. The Labute approximate surface area is 186 Å². The lowest BCUT2D eigenvalue weighted by atomic mass is 9.83. The number of Topliss-reactive ketones (excluding diaryl/α,β-unsaturated/α-hetero) is 1. The predicted octanol–water partition coefficient (Wildman–Crippen LogP) is 4.62. The summed E-state index contributed by atoms with van der Waals surface area (Å²) in [7, 11) is 0. The van der Waals surface area contributed by atoms with Gasteiger partial charge in [0.2, 0.25) is 0 Å². The van der Waals surface area contributed by atoms with Crippen molar-refractivity contribution in [2.45, 2.75) is 83.5 Å². The fourth-order valence-corrected chi connectivity index (χ4v) is 5.11. The van der Waals surface area contributed by atoms with Crippen molar-refractivity contribution in [3.05, 3.63) is 24.3 Å². The Hall–Kier alpha value is -1.11. The molecule has 3 N–H and O–H groups in total. The number of aliphatic hydroxyl groups excluding tert-OH is 2. The summed E-state index contributed by atoms with van der Waals surface area (Å²) >= 11 is 1.68. The molecule has 1 unspecified atom stereocenters. The van der Waals surface area contributed by atoms with Crippen LogP contribution in [-0.2, 0) is 9.59 Å². The zero-order chi connectivity index (χ0) is 22.6. The number of carbonyl (C=O) groups is 2. The molecule has 30 heavy (non-hydrogen) atoms. The molecule has 1 saturated carbocycles. The standard InChI is InChI=1S/C24H40O5S/c1-4-5-13-24(2,3)14-9-11-19-18(21(27)17-22(19)30-16-15-25)10-7-6-8-12-20(26)23(28)29/h6-7,9,11,18-20,22,25-26H,4-5,8,10,12-17H2,1-3H3,(H,28,29)/b7-6-,11-9+/t18-,19-,20?,22-/m1/s1. The molecule has 0 aliphatic heterocycles.